The lowest BCUT2D eigenvalue weighted by Gasteiger charge is -2.00. The van der Waals surface area contributed by atoms with E-state index in [0.29, 0.717) is 5.57 Å². The topological polar surface area (TPSA) is 52.3 Å². The van der Waals surface area contributed by atoms with Crippen LogP contribution in [0.3, 0.4) is 0 Å². The van der Waals surface area contributed by atoms with Crippen molar-refractivity contribution in [3.05, 3.63) is 28.0 Å². The van der Waals surface area contributed by atoms with E-state index < -0.39 is 0 Å². The minimum atomic E-state index is -0.365. The predicted molar refractivity (Wildman–Crippen MR) is 53.4 cm³/mol. The fourth-order valence-corrected chi connectivity index (χ4v) is 1.56. The van der Waals surface area contributed by atoms with Gasteiger partial charge >= 0.3 is 5.97 Å². The maximum absolute atomic E-state index is 11.1. The fourth-order valence-electron chi connectivity index (χ4n) is 0.877. The molecule has 70 valence electrons. The van der Waals surface area contributed by atoms with Crippen molar-refractivity contribution in [2.24, 2.45) is 5.73 Å². The van der Waals surface area contributed by atoms with Gasteiger partial charge in [-0.3, -0.25) is 0 Å². The Kier molecular flexibility index (Phi) is 3.67. The van der Waals surface area contributed by atoms with Gasteiger partial charge in [0.15, 0.2) is 0 Å². The van der Waals surface area contributed by atoms with Gasteiger partial charge in [0.25, 0.3) is 0 Å². The third-order valence-electron chi connectivity index (χ3n) is 1.53. The summed E-state index contributed by atoms with van der Waals surface area (Å²) in [6.07, 6.45) is 1.75. The second-order valence-corrected chi connectivity index (χ2v) is 3.36. The molecule has 0 aliphatic rings. The molecule has 1 aromatic rings. The zero-order chi connectivity index (χ0) is 9.68. The Morgan fingerprint density at radius 3 is 3.00 bits per heavy atom. The van der Waals surface area contributed by atoms with Gasteiger partial charge in [0.1, 0.15) is 0 Å². The molecule has 1 aromatic heterocycles. The van der Waals surface area contributed by atoms with E-state index in [1.54, 1.807) is 17.4 Å². The van der Waals surface area contributed by atoms with Crippen molar-refractivity contribution in [2.75, 3.05) is 13.7 Å². The largest absolute Gasteiger partial charge is 0.466 e. The lowest BCUT2D eigenvalue weighted by Crippen LogP contribution is -2.13. The van der Waals surface area contributed by atoms with Gasteiger partial charge in [-0.15, -0.1) is 11.3 Å². The summed E-state index contributed by atoms with van der Waals surface area (Å²) < 4.78 is 4.57. The first-order chi connectivity index (χ1) is 6.27. The number of nitrogens with two attached hydrogens (primary N) is 1. The number of esters is 1. The van der Waals surface area contributed by atoms with Crippen LogP contribution in [0.15, 0.2) is 23.1 Å². The van der Waals surface area contributed by atoms with Gasteiger partial charge in [-0.05, 0) is 17.5 Å². The van der Waals surface area contributed by atoms with Crippen LogP contribution in [0, 0.1) is 0 Å². The molecule has 0 atom stereocenters. The summed E-state index contributed by atoms with van der Waals surface area (Å²) in [6, 6.07) is 3.84. The average molecular weight is 197 g/mol. The summed E-state index contributed by atoms with van der Waals surface area (Å²) in [6.45, 7) is 0.199. The lowest BCUT2D eigenvalue weighted by atomic mass is 10.2. The van der Waals surface area contributed by atoms with Crippen molar-refractivity contribution >= 4 is 23.4 Å². The van der Waals surface area contributed by atoms with Crippen LogP contribution in [-0.4, -0.2) is 19.6 Å². The van der Waals surface area contributed by atoms with Crippen molar-refractivity contribution < 1.29 is 9.53 Å². The number of carbonyl (C=O) groups excluding carboxylic acids is 1. The van der Waals surface area contributed by atoms with Gasteiger partial charge in [0.2, 0.25) is 0 Å². The predicted octanol–water partition coefficient (Wildman–Crippen LogP) is 1.26. The number of hydrogen-bond acceptors (Lipinski definition) is 4. The molecule has 0 amide bonds. The van der Waals surface area contributed by atoms with Crippen molar-refractivity contribution in [2.45, 2.75) is 0 Å². The molecule has 0 spiro atoms. The Morgan fingerprint density at radius 1 is 1.77 bits per heavy atom. The normalized spacial score (nSPS) is 11.4. The third kappa shape index (κ3) is 2.68. The number of methoxy groups -OCH3 is 1. The summed E-state index contributed by atoms with van der Waals surface area (Å²) in [5.74, 6) is -0.365. The number of hydrogen-bond donors (Lipinski definition) is 1. The van der Waals surface area contributed by atoms with E-state index in [9.17, 15) is 4.79 Å². The molecule has 0 aliphatic carbocycles. The maximum Gasteiger partial charge on any atom is 0.335 e. The molecule has 0 aromatic carbocycles. The minimum absolute atomic E-state index is 0.199. The van der Waals surface area contributed by atoms with Crippen LogP contribution in [0.25, 0.3) is 6.08 Å². The monoisotopic (exact) mass is 197 g/mol. The zero-order valence-corrected chi connectivity index (χ0v) is 8.14. The van der Waals surface area contributed by atoms with Crippen LogP contribution < -0.4 is 5.73 Å². The first-order valence-corrected chi connectivity index (χ1v) is 4.68. The molecule has 4 heteroatoms. The van der Waals surface area contributed by atoms with Crippen LogP contribution in [-0.2, 0) is 9.53 Å². The summed E-state index contributed by atoms with van der Waals surface area (Å²) in [4.78, 5) is 12.1. The molecule has 0 saturated carbocycles. The van der Waals surface area contributed by atoms with E-state index in [1.165, 1.54) is 7.11 Å². The summed E-state index contributed by atoms with van der Waals surface area (Å²) in [5.41, 5.74) is 5.89. The van der Waals surface area contributed by atoms with Crippen molar-refractivity contribution in [1.29, 1.82) is 0 Å². The van der Waals surface area contributed by atoms with E-state index in [2.05, 4.69) is 4.74 Å². The van der Waals surface area contributed by atoms with Crippen LogP contribution in [0.2, 0.25) is 0 Å². The quantitative estimate of drug-likeness (QED) is 0.586. The van der Waals surface area contributed by atoms with E-state index in [1.807, 2.05) is 17.5 Å². The van der Waals surface area contributed by atoms with Crippen molar-refractivity contribution in [1.82, 2.24) is 0 Å². The Hall–Kier alpha value is -1.13. The van der Waals surface area contributed by atoms with Gasteiger partial charge in [0.05, 0.1) is 12.7 Å². The Bertz CT molecular complexity index is 303. The van der Waals surface area contributed by atoms with Gasteiger partial charge in [-0.2, -0.15) is 0 Å². The summed E-state index contributed by atoms with van der Waals surface area (Å²) in [7, 11) is 1.35. The molecule has 0 aliphatic heterocycles. The molecule has 0 bridgehead atoms. The highest BCUT2D eigenvalue weighted by Crippen LogP contribution is 2.13. The van der Waals surface area contributed by atoms with Gasteiger partial charge in [-0.1, -0.05) is 6.07 Å². The molecule has 0 saturated heterocycles. The Labute approximate surface area is 80.8 Å². The van der Waals surface area contributed by atoms with E-state index >= 15 is 0 Å². The number of ether oxygens (including phenoxy) is 1. The second kappa shape index (κ2) is 4.79. The van der Waals surface area contributed by atoms with Gasteiger partial charge in [0, 0.05) is 11.4 Å². The average Bonchev–Trinajstić information content (AvgIpc) is 2.65. The number of rotatable bonds is 3. The number of thiophene rings is 1. The fraction of sp³-hybridized carbons (Fsp3) is 0.222. The highest BCUT2D eigenvalue weighted by Gasteiger charge is 2.06. The van der Waals surface area contributed by atoms with Crippen LogP contribution in [0.4, 0.5) is 0 Å². The first-order valence-electron chi connectivity index (χ1n) is 3.80. The zero-order valence-electron chi connectivity index (χ0n) is 7.32. The molecular formula is C9H11NO2S. The molecule has 0 radical (unpaired) electrons. The SMILES string of the molecule is COC(=O)/C(=C/c1cccs1)CN. The maximum atomic E-state index is 11.1. The third-order valence-corrected chi connectivity index (χ3v) is 2.35. The molecular weight excluding hydrogens is 186 g/mol. The van der Waals surface area contributed by atoms with Gasteiger partial charge in [-0.25, -0.2) is 4.79 Å². The van der Waals surface area contributed by atoms with E-state index in [-0.39, 0.29) is 12.5 Å². The molecule has 3 nitrogen and oxygen atoms in total. The molecule has 0 unspecified atom stereocenters. The molecule has 13 heavy (non-hydrogen) atoms. The summed E-state index contributed by atoms with van der Waals surface area (Å²) in [5, 5.41) is 1.94. The van der Waals surface area contributed by atoms with Crippen molar-refractivity contribution in [3.8, 4) is 0 Å². The first kappa shape index (κ1) is 9.95. The summed E-state index contributed by atoms with van der Waals surface area (Å²) >= 11 is 1.55. The Balaban J connectivity index is 2.83. The molecule has 1 heterocycles. The van der Waals surface area contributed by atoms with E-state index in [4.69, 9.17) is 5.73 Å². The van der Waals surface area contributed by atoms with E-state index in [0.717, 1.165) is 4.88 Å². The Morgan fingerprint density at radius 2 is 2.54 bits per heavy atom. The van der Waals surface area contributed by atoms with Gasteiger partial charge < -0.3 is 10.5 Å². The smallest absolute Gasteiger partial charge is 0.335 e. The minimum Gasteiger partial charge on any atom is -0.466 e. The lowest BCUT2D eigenvalue weighted by molar-refractivity contribution is -0.136. The van der Waals surface area contributed by atoms with Crippen LogP contribution in [0.5, 0.6) is 0 Å². The standard InChI is InChI=1S/C9H11NO2S/c1-12-9(11)7(6-10)5-8-3-2-4-13-8/h2-5H,6,10H2,1H3/b7-5+. The van der Waals surface area contributed by atoms with Crippen LogP contribution in [0.1, 0.15) is 4.88 Å². The molecule has 2 N–H and O–H groups in total. The van der Waals surface area contributed by atoms with Crippen molar-refractivity contribution in [3.63, 3.8) is 0 Å². The highest BCUT2D eigenvalue weighted by molar-refractivity contribution is 7.10. The molecule has 1 rings (SSSR count). The molecule has 0 fully saturated rings. The highest BCUT2D eigenvalue weighted by atomic mass is 32.1. The van der Waals surface area contributed by atoms with Crippen LogP contribution >= 0.6 is 11.3 Å². The second-order valence-electron chi connectivity index (χ2n) is 2.38. The number of carbonyl (C=O) groups is 1.